The topological polar surface area (TPSA) is 66.6 Å². The molecular weight excluding hydrogens is 248 g/mol. The van der Waals surface area contributed by atoms with Gasteiger partial charge in [-0.05, 0) is 25.7 Å². The average molecular weight is 270 g/mol. The van der Waals surface area contributed by atoms with Crippen LogP contribution in [0.25, 0.3) is 0 Å². The number of nitrogens with zero attached hydrogens (tertiary/aromatic N) is 1. The lowest BCUT2D eigenvalue weighted by atomic mass is 9.72. The summed E-state index contributed by atoms with van der Waals surface area (Å²) < 4.78 is 0. The Morgan fingerprint density at radius 2 is 1.94 bits per heavy atom. The molecule has 1 amide bonds. The van der Waals surface area contributed by atoms with Gasteiger partial charge in [-0.2, -0.15) is 0 Å². The molecule has 4 nitrogen and oxygen atoms in total. The molecule has 18 heavy (non-hydrogen) atoms. The highest BCUT2D eigenvalue weighted by molar-refractivity contribution is 7.80. The van der Waals surface area contributed by atoms with Crippen LogP contribution in [0.3, 0.4) is 0 Å². The lowest BCUT2D eigenvalue weighted by Gasteiger charge is -2.41. The van der Waals surface area contributed by atoms with Crippen molar-refractivity contribution in [1.82, 2.24) is 4.90 Å². The fourth-order valence-corrected chi connectivity index (χ4v) is 3.45. The number of carbonyl (C=O) groups excluding carboxylic acids is 1. The van der Waals surface area contributed by atoms with Gasteiger partial charge in [0.25, 0.3) is 0 Å². The number of likely N-dealkylation sites (tertiary alicyclic amines) is 1. The number of rotatable bonds is 2. The maximum Gasteiger partial charge on any atom is 0.235 e. The molecule has 0 aromatic rings. The molecule has 102 valence electrons. The second kappa shape index (κ2) is 5.53. The lowest BCUT2D eigenvalue weighted by molar-refractivity contribution is -0.142. The van der Waals surface area contributed by atoms with E-state index in [9.17, 15) is 9.90 Å². The molecule has 3 N–H and O–H groups in total. The van der Waals surface area contributed by atoms with Crippen molar-refractivity contribution in [3.8, 4) is 0 Å². The van der Waals surface area contributed by atoms with Gasteiger partial charge in [-0.25, -0.2) is 0 Å². The van der Waals surface area contributed by atoms with E-state index in [-0.39, 0.29) is 5.91 Å². The summed E-state index contributed by atoms with van der Waals surface area (Å²) >= 11 is 5.17. The fraction of sp³-hybridized carbons (Fsp3) is 0.846. The van der Waals surface area contributed by atoms with Crippen LogP contribution in [-0.4, -0.2) is 40.1 Å². The van der Waals surface area contributed by atoms with Crippen LogP contribution in [-0.2, 0) is 4.79 Å². The maximum atomic E-state index is 12.7. The first-order chi connectivity index (χ1) is 8.56. The first-order valence-electron chi connectivity index (χ1n) is 6.83. The number of β-amino-alcohol motifs (C(OH)–C–C–N with tert-alkyl or cyclic N) is 1. The van der Waals surface area contributed by atoms with Gasteiger partial charge in [0.1, 0.15) is 0 Å². The van der Waals surface area contributed by atoms with E-state index in [0.29, 0.717) is 11.5 Å². The monoisotopic (exact) mass is 270 g/mol. The molecule has 0 aromatic carbocycles. The van der Waals surface area contributed by atoms with Crippen LogP contribution >= 0.6 is 12.2 Å². The molecule has 2 rings (SSSR count). The Kier molecular flexibility index (Phi) is 4.22. The molecule has 1 atom stereocenters. The number of piperidine rings is 1. The summed E-state index contributed by atoms with van der Waals surface area (Å²) in [5.74, 6) is 0.0495. The van der Waals surface area contributed by atoms with Gasteiger partial charge in [0, 0.05) is 13.1 Å². The summed E-state index contributed by atoms with van der Waals surface area (Å²) in [4.78, 5) is 14.8. The summed E-state index contributed by atoms with van der Waals surface area (Å²) in [6, 6.07) is 0. The number of aliphatic hydroxyl groups is 1. The highest BCUT2D eigenvalue weighted by Gasteiger charge is 2.45. The summed E-state index contributed by atoms with van der Waals surface area (Å²) in [6.45, 7) is 1.16. The summed E-state index contributed by atoms with van der Waals surface area (Å²) in [6.07, 6.45) is 5.97. The van der Waals surface area contributed by atoms with E-state index >= 15 is 0 Å². The van der Waals surface area contributed by atoms with Crippen LogP contribution in [0.15, 0.2) is 0 Å². The maximum absolute atomic E-state index is 12.7. The molecule has 2 aliphatic rings. The van der Waals surface area contributed by atoms with Gasteiger partial charge in [0.15, 0.2) is 0 Å². The molecule has 0 spiro atoms. The largest absolute Gasteiger partial charge is 0.392 e. The van der Waals surface area contributed by atoms with Crippen molar-refractivity contribution in [2.75, 3.05) is 13.1 Å². The van der Waals surface area contributed by atoms with E-state index in [1.165, 1.54) is 0 Å². The molecule has 2 fully saturated rings. The van der Waals surface area contributed by atoms with E-state index in [0.717, 1.165) is 51.5 Å². The molecular formula is C13H22N2O2S. The van der Waals surface area contributed by atoms with Gasteiger partial charge in [0.05, 0.1) is 16.5 Å². The number of hydrogen-bond acceptors (Lipinski definition) is 3. The van der Waals surface area contributed by atoms with Crippen molar-refractivity contribution in [3.63, 3.8) is 0 Å². The van der Waals surface area contributed by atoms with Gasteiger partial charge in [-0.1, -0.05) is 31.5 Å². The van der Waals surface area contributed by atoms with Gasteiger partial charge >= 0.3 is 0 Å². The molecule has 1 aliphatic carbocycles. The average Bonchev–Trinajstić information content (AvgIpc) is 2.38. The Morgan fingerprint density at radius 3 is 2.50 bits per heavy atom. The van der Waals surface area contributed by atoms with E-state index in [2.05, 4.69) is 0 Å². The van der Waals surface area contributed by atoms with Crippen molar-refractivity contribution in [2.45, 2.75) is 51.0 Å². The predicted molar refractivity (Wildman–Crippen MR) is 74.1 cm³/mol. The van der Waals surface area contributed by atoms with Crippen LogP contribution < -0.4 is 5.73 Å². The second-order valence-corrected chi connectivity index (χ2v) is 5.99. The molecule has 5 heteroatoms. The smallest absolute Gasteiger partial charge is 0.235 e. The molecule has 1 heterocycles. The summed E-state index contributed by atoms with van der Waals surface area (Å²) in [7, 11) is 0. The fourth-order valence-electron chi connectivity index (χ4n) is 3.16. The van der Waals surface area contributed by atoms with Crippen LogP contribution in [0, 0.1) is 5.41 Å². The summed E-state index contributed by atoms with van der Waals surface area (Å²) in [5, 5.41) is 9.69. The Morgan fingerprint density at radius 1 is 1.28 bits per heavy atom. The lowest BCUT2D eigenvalue weighted by Crippen LogP contribution is -2.54. The first kappa shape index (κ1) is 13.7. The molecule has 1 saturated heterocycles. The molecule has 0 radical (unpaired) electrons. The minimum Gasteiger partial charge on any atom is -0.392 e. The quantitative estimate of drug-likeness (QED) is 0.740. The van der Waals surface area contributed by atoms with E-state index in [1.807, 2.05) is 0 Å². The zero-order valence-corrected chi connectivity index (χ0v) is 11.5. The number of thiocarbonyl (C=S) groups is 1. The predicted octanol–water partition coefficient (Wildman–Crippen LogP) is 1.21. The zero-order chi connectivity index (χ0) is 13.2. The highest BCUT2D eigenvalue weighted by Crippen LogP contribution is 2.39. The SMILES string of the molecule is NC(=S)C1(C(=O)N2CCCC(O)C2)CCCCC1. The van der Waals surface area contributed by atoms with Crippen molar-refractivity contribution >= 4 is 23.1 Å². The second-order valence-electron chi connectivity index (χ2n) is 5.55. The summed E-state index contributed by atoms with van der Waals surface area (Å²) in [5.41, 5.74) is 5.23. The third kappa shape index (κ3) is 2.52. The van der Waals surface area contributed by atoms with Crippen molar-refractivity contribution in [3.05, 3.63) is 0 Å². The van der Waals surface area contributed by atoms with E-state index in [1.54, 1.807) is 4.90 Å². The normalized spacial score (nSPS) is 27.8. The Hall–Kier alpha value is -0.680. The minimum atomic E-state index is -0.634. The molecule has 1 saturated carbocycles. The number of amides is 1. The number of carbonyl (C=O) groups is 1. The molecule has 1 aliphatic heterocycles. The molecule has 1 unspecified atom stereocenters. The van der Waals surface area contributed by atoms with Gasteiger partial charge in [0.2, 0.25) is 5.91 Å². The van der Waals surface area contributed by atoms with Crippen LogP contribution in [0.4, 0.5) is 0 Å². The number of aliphatic hydroxyl groups excluding tert-OH is 1. The van der Waals surface area contributed by atoms with Gasteiger partial charge < -0.3 is 15.7 Å². The van der Waals surface area contributed by atoms with E-state index < -0.39 is 11.5 Å². The van der Waals surface area contributed by atoms with Gasteiger partial charge in [-0.3, -0.25) is 4.79 Å². The third-order valence-electron chi connectivity index (χ3n) is 4.27. The molecule has 0 aromatic heterocycles. The number of nitrogens with two attached hydrogens (primary N) is 1. The highest BCUT2D eigenvalue weighted by atomic mass is 32.1. The standard InChI is InChI=1S/C13H22N2O2S/c14-11(18)13(6-2-1-3-7-13)12(17)15-8-4-5-10(16)9-15/h10,16H,1-9H2,(H2,14,18). The Labute approximate surface area is 114 Å². The van der Waals surface area contributed by atoms with Crippen LogP contribution in [0.1, 0.15) is 44.9 Å². The Bertz CT molecular complexity index is 340. The third-order valence-corrected chi connectivity index (χ3v) is 4.66. The first-order valence-corrected chi connectivity index (χ1v) is 7.24. The van der Waals surface area contributed by atoms with Crippen molar-refractivity contribution < 1.29 is 9.90 Å². The van der Waals surface area contributed by atoms with Crippen LogP contribution in [0.5, 0.6) is 0 Å². The van der Waals surface area contributed by atoms with Crippen LogP contribution in [0.2, 0.25) is 0 Å². The van der Waals surface area contributed by atoms with E-state index in [4.69, 9.17) is 18.0 Å². The minimum absolute atomic E-state index is 0.0495. The van der Waals surface area contributed by atoms with Crippen molar-refractivity contribution in [1.29, 1.82) is 0 Å². The van der Waals surface area contributed by atoms with Crippen molar-refractivity contribution in [2.24, 2.45) is 11.1 Å². The van der Waals surface area contributed by atoms with Gasteiger partial charge in [-0.15, -0.1) is 0 Å². The Balaban J connectivity index is 2.15. The zero-order valence-electron chi connectivity index (χ0n) is 10.7. The number of hydrogen-bond donors (Lipinski definition) is 2. The molecule has 0 bridgehead atoms.